The zero-order valence-corrected chi connectivity index (χ0v) is 17.0. The molecule has 9 heteroatoms. The van der Waals surface area contributed by atoms with Gasteiger partial charge in [0.2, 0.25) is 5.91 Å². The molecule has 1 aliphatic rings. The largest absolute Gasteiger partial charge is 0.497 e. The van der Waals surface area contributed by atoms with Crippen LogP contribution in [-0.2, 0) is 17.6 Å². The maximum atomic E-state index is 13.5. The highest BCUT2D eigenvalue weighted by molar-refractivity contribution is 5.97. The molecular formula is C22H22F2N4O3. The number of methoxy groups -OCH3 is 1. The lowest BCUT2D eigenvalue weighted by Gasteiger charge is -2.19. The predicted octanol–water partition coefficient (Wildman–Crippen LogP) is 2.36. The van der Waals surface area contributed by atoms with E-state index in [1.807, 2.05) is 24.3 Å². The molecule has 0 saturated carbocycles. The summed E-state index contributed by atoms with van der Waals surface area (Å²) in [4.78, 5) is 29.8. The molecule has 0 unspecified atom stereocenters. The number of nitrogens with one attached hydrogen (secondary N) is 1. The highest BCUT2D eigenvalue weighted by atomic mass is 19.3. The summed E-state index contributed by atoms with van der Waals surface area (Å²) in [6, 6.07) is 9.65. The summed E-state index contributed by atoms with van der Waals surface area (Å²) < 4.78 is 32.2. The number of carbonyl (C=O) groups is 2. The zero-order chi connectivity index (χ0) is 22.4. The van der Waals surface area contributed by atoms with Crippen LogP contribution in [0.15, 0.2) is 42.7 Å². The summed E-state index contributed by atoms with van der Waals surface area (Å²) in [7, 11) is 1.59. The van der Waals surface area contributed by atoms with Gasteiger partial charge in [-0.25, -0.2) is 8.78 Å². The Bertz CT molecular complexity index is 989. The molecule has 1 saturated heterocycles. The smallest absolute Gasteiger partial charge is 0.268 e. The molecule has 2 amide bonds. The quantitative estimate of drug-likeness (QED) is 0.731. The average molecular weight is 428 g/mol. The fourth-order valence-electron chi connectivity index (χ4n) is 3.47. The van der Waals surface area contributed by atoms with Gasteiger partial charge in [-0.3, -0.25) is 14.6 Å². The molecule has 0 radical (unpaired) electrons. The number of pyridine rings is 1. The second-order valence-corrected chi connectivity index (χ2v) is 7.29. The lowest BCUT2D eigenvalue weighted by molar-refractivity contribution is -0.131. The minimum absolute atomic E-state index is 0.361. The fourth-order valence-corrected chi connectivity index (χ4v) is 3.47. The molecule has 1 atom stereocenters. The molecule has 2 aromatic rings. The Kier molecular flexibility index (Phi) is 6.80. The van der Waals surface area contributed by atoms with Crippen LogP contribution in [0.4, 0.5) is 8.78 Å². The molecular weight excluding hydrogens is 406 g/mol. The maximum absolute atomic E-state index is 13.5. The Morgan fingerprint density at radius 1 is 1.29 bits per heavy atom. The van der Waals surface area contributed by atoms with Crippen LogP contribution in [0.2, 0.25) is 0 Å². The van der Waals surface area contributed by atoms with Crippen molar-refractivity contribution in [3.8, 4) is 11.8 Å². The van der Waals surface area contributed by atoms with E-state index in [0.29, 0.717) is 24.0 Å². The number of ether oxygens (including phenoxy) is 1. The Morgan fingerprint density at radius 2 is 2.03 bits per heavy atom. The molecule has 0 bridgehead atoms. The Morgan fingerprint density at radius 3 is 2.71 bits per heavy atom. The number of rotatable bonds is 7. The molecule has 1 aromatic carbocycles. The SMILES string of the molecule is COc1ccc(CCc2cnccc2C(=O)NCC(=O)N2CC(F)(F)C[C@H]2C#N)cc1. The van der Waals surface area contributed by atoms with Crippen molar-refractivity contribution in [1.29, 1.82) is 5.26 Å². The van der Waals surface area contributed by atoms with E-state index in [-0.39, 0.29) is 0 Å². The van der Waals surface area contributed by atoms with Gasteiger partial charge in [0, 0.05) is 24.4 Å². The topological polar surface area (TPSA) is 95.3 Å². The predicted molar refractivity (Wildman–Crippen MR) is 108 cm³/mol. The third kappa shape index (κ3) is 5.54. The van der Waals surface area contributed by atoms with Crippen LogP contribution in [0.5, 0.6) is 5.75 Å². The first kappa shape index (κ1) is 22.2. The minimum Gasteiger partial charge on any atom is -0.497 e. The van der Waals surface area contributed by atoms with E-state index in [4.69, 9.17) is 10.00 Å². The van der Waals surface area contributed by atoms with Crippen LogP contribution < -0.4 is 10.1 Å². The fraction of sp³-hybridized carbons (Fsp3) is 0.364. The lowest BCUT2D eigenvalue weighted by atomic mass is 10.0. The molecule has 0 aliphatic carbocycles. The molecule has 1 aromatic heterocycles. The van der Waals surface area contributed by atoms with Crippen molar-refractivity contribution in [2.75, 3.05) is 20.2 Å². The van der Waals surface area contributed by atoms with Crippen LogP contribution in [0.1, 0.15) is 27.9 Å². The van der Waals surface area contributed by atoms with Crippen molar-refractivity contribution in [2.45, 2.75) is 31.2 Å². The van der Waals surface area contributed by atoms with Gasteiger partial charge in [-0.15, -0.1) is 0 Å². The van der Waals surface area contributed by atoms with Gasteiger partial charge in [0.05, 0.1) is 26.3 Å². The summed E-state index contributed by atoms with van der Waals surface area (Å²) >= 11 is 0. The molecule has 162 valence electrons. The second kappa shape index (κ2) is 9.51. The normalized spacial score (nSPS) is 17.1. The molecule has 7 nitrogen and oxygen atoms in total. The number of benzene rings is 1. The first-order valence-electron chi connectivity index (χ1n) is 9.74. The van der Waals surface area contributed by atoms with E-state index in [0.717, 1.165) is 16.2 Å². The van der Waals surface area contributed by atoms with E-state index in [1.54, 1.807) is 25.4 Å². The van der Waals surface area contributed by atoms with Crippen molar-refractivity contribution in [3.63, 3.8) is 0 Å². The maximum Gasteiger partial charge on any atom is 0.268 e. The second-order valence-electron chi connectivity index (χ2n) is 7.29. The van der Waals surface area contributed by atoms with Gasteiger partial charge in [0.15, 0.2) is 0 Å². The number of aromatic nitrogens is 1. The van der Waals surface area contributed by atoms with Gasteiger partial charge in [-0.2, -0.15) is 5.26 Å². The van der Waals surface area contributed by atoms with Crippen LogP contribution in [-0.4, -0.2) is 53.9 Å². The molecule has 0 spiro atoms. The van der Waals surface area contributed by atoms with Crippen LogP contribution in [0.3, 0.4) is 0 Å². The van der Waals surface area contributed by atoms with Crippen molar-refractivity contribution >= 4 is 11.8 Å². The molecule has 31 heavy (non-hydrogen) atoms. The number of hydrogen-bond acceptors (Lipinski definition) is 5. The molecule has 2 heterocycles. The third-order valence-corrected chi connectivity index (χ3v) is 5.13. The van der Waals surface area contributed by atoms with E-state index >= 15 is 0 Å². The standard InChI is InChI=1S/C22H22F2N4O3/c1-31-18-6-3-15(4-7-18)2-5-16-12-26-9-8-19(16)21(30)27-13-20(29)28-14-22(23,24)10-17(28)11-25/h3-4,6-9,12,17H,2,5,10,13-14H2,1H3,(H,27,30)/t17-/m0/s1. The zero-order valence-electron chi connectivity index (χ0n) is 17.0. The van der Waals surface area contributed by atoms with Gasteiger partial charge >= 0.3 is 0 Å². The van der Waals surface area contributed by atoms with Crippen LogP contribution in [0.25, 0.3) is 0 Å². The lowest BCUT2D eigenvalue weighted by Crippen LogP contribution is -2.43. The van der Waals surface area contributed by atoms with Gasteiger partial charge in [-0.1, -0.05) is 12.1 Å². The highest BCUT2D eigenvalue weighted by Gasteiger charge is 2.47. The Hall–Kier alpha value is -3.54. The van der Waals surface area contributed by atoms with Crippen molar-refractivity contribution in [2.24, 2.45) is 0 Å². The van der Waals surface area contributed by atoms with E-state index in [9.17, 15) is 18.4 Å². The summed E-state index contributed by atoms with van der Waals surface area (Å²) in [5.41, 5.74) is 2.12. The van der Waals surface area contributed by atoms with Crippen LogP contribution >= 0.6 is 0 Å². The summed E-state index contributed by atoms with van der Waals surface area (Å²) in [5, 5.41) is 11.5. The number of likely N-dealkylation sites (tertiary alicyclic amines) is 1. The number of alkyl halides is 2. The third-order valence-electron chi connectivity index (χ3n) is 5.13. The number of amides is 2. The van der Waals surface area contributed by atoms with Crippen molar-refractivity contribution < 1.29 is 23.1 Å². The molecule has 1 aliphatic heterocycles. The molecule has 1 N–H and O–H groups in total. The number of nitriles is 1. The monoisotopic (exact) mass is 428 g/mol. The average Bonchev–Trinajstić information content (AvgIpc) is 3.11. The van der Waals surface area contributed by atoms with Gasteiger partial charge in [0.1, 0.15) is 11.8 Å². The molecule has 3 rings (SSSR count). The number of halogens is 2. The summed E-state index contributed by atoms with van der Waals surface area (Å²) in [6.45, 7) is -1.28. The van der Waals surface area contributed by atoms with Gasteiger partial charge in [-0.05, 0) is 42.2 Å². The first-order chi connectivity index (χ1) is 14.8. The Balaban J connectivity index is 1.60. The summed E-state index contributed by atoms with van der Waals surface area (Å²) in [6.07, 6.45) is 3.59. The Labute approximate surface area is 178 Å². The number of carbonyl (C=O) groups excluding carboxylic acids is 2. The molecule has 1 fully saturated rings. The van der Waals surface area contributed by atoms with Crippen molar-refractivity contribution in [1.82, 2.24) is 15.2 Å². The van der Waals surface area contributed by atoms with E-state index in [2.05, 4.69) is 10.3 Å². The van der Waals surface area contributed by atoms with Gasteiger partial charge in [0.25, 0.3) is 11.8 Å². The number of nitrogens with zero attached hydrogens (tertiary/aromatic N) is 3. The van der Waals surface area contributed by atoms with E-state index in [1.165, 1.54) is 6.20 Å². The van der Waals surface area contributed by atoms with E-state index < -0.39 is 43.3 Å². The van der Waals surface area contributed by atoms with Gasteiger partial charge < -0.3 is 15.0 Å². The van der Waals surface area contributed by atoms with Crippen molar-refractivity contribution in [3.05, 3.63) is 59.4 Å². The van der Waals surface area contributed by atoms with Crippen LogP contribution in [0, 0.1) is 11.3 Å². The summed E-state index contributed by atoms with van der Waals surface area (Å²) in [5.74, 6) is -3.56. The number of hydrogen-bond donors (Lipinski definition) is 1. The number of aryl methyl sites for hydroxylation is 2. The first-order valence-corrected chi connectivity index (χ1v) is 9.74. The highest BCUT2D eigenvalue weighted by Crippen LogP contribution is 2.31. The minimum atomic E-state index is -3.10.